The summed E-state index contributed by atoms with van der Waals surface area (Å²) >= 11 is 0. The molecule has 0 aliphatic heterocycles. The Bertz CT molecular complexity index is 1130. The predicted octanol–water partition coefficient (Wildman–Crippen LogP) is 3.99. The van der Waals surface area contributed by atoms with Crippen molar-refractivity contribution >= 4 is 26.7 Å². The number of carbonyl (C=O) groups is 1. The second-order valence-electron chi connectivity index (χ2n) is 7.88. The average Bonchev–Trinajstić information content (AvgIpc) is 2.78. The lowest BCUT2D eigenvalue weighted by Crippen LogP contribution is -2.52. The molecular formula is C24H28N2O4S. The monoisotopic (exact) mass is 440 g/mol. The Balaban J connectivity index is 1.96. The van der Waals surface area contributed by atoms with E-state index in [2.05, 4.69) is 0 Å². The number of rotatable bonds is 9. The third kappa shape index (κ3) is 5.31. The summed E-state index contributed by atoms with van der Waals surface area (Å²) in [7, 11) is -3.98. The van der Waals surface area contributed by atoms with Crippen LogP contribution in [0, 0.1) is 5.92 Å². The van der Waals surface area contributed by atoms with Crippen LogP contribution in [0.5, 0.6) is 0 Å². The van der Waals surface area contributed by atoms with Gasteiger partial charge in [-0.05, 0) is 47.2 Å². The van der Waals surface area contributed by atoms with E-state index < -0.39 is 22.0 Å². The number of amides is 1. The highest BCUT2D eigenvalue weighted by atomic mass is 32.2. The minimum absolute atomic E-state index is 0.127. The molecule has 0 bridgehead atoms. The summed E-state index contributed by atoms with van der Waals surface area (Å²) in [5, 5.41) is 11.0. The fourth-order valence-electron chi connectivity index (χ4n) is 3.79. The van der Waals surface area contributed by atoms with Crippen LogP contribution >= 0.6 is 0 Å². The fourth-order valence-corrected chi connectivity index (χ4v) is 5.58. The van der Waals surface area contributed by atoms with Crippen LogP contribution in [0.4, 0.5) is 0 Å². The van der Waals surface area contributed by atoms with Gasteiger partial charge in [0, 0.05) is 6.54 Å². The van der Waals surface area contributed by atoms with Gasteiger partial charge in [0.05, 0.1) is 4.90 Å². The zero-order valence-electron chi connectivity index (χ0n) is 17.7. The predicted molar refractivity (Wildman–Crippen MR) is 121 cm³/mol. The molecule has 3 aromatic carbocycles. The molecule has 0 radical (unpaired) electrons. The summed E-state index contributed by atoms with van der Waals surface area (Å²) < 4.78 is 28.5. The quantitative estimate of drug-likeness (QED) is 0.389. The number of hydrogen-bond acceptors (Lipinski definition) is 4. The molecular weight excluding hydrogens is 412 g/mol. The molecule has 0 aliphatic rings. The number of hydrogen-bond donors (Lipinski definition) is 2. The largest absolute Gasteiger partial charge is 0.289 e. The molecule has 0 aromatic heterocycles. The maximum absolute atomic E-state index is 13.6. The van der Waals surface area contributed by atoms with E-state index in [0.717, 1.165) is 16.3 Å². The maximum atomic E-state index is 13.6. The first kappa shape index (κ1) is 22.9. The van der Waals surface area contributed by atoms with Crippen molar-refractivity contribution in [2.75, 3.05) is 6.54 Å². The second kappa shape index (κ2) is 10.0. The summed E-state index contributed by atoms with van der Waals surface area (Å²) in [4.78, 5) is 12.6. The molecule has 31 heavy (non-hydrogen) atoms. The van der Waals surface area contributed by atoms with Gasteiger partial charge in [0.1, 0.15) is 6.04 Å². The highest BCUT2D eigenvalue weighted by Gasteiger charge is 2.37. The molecule has 1 amide bonds. The first-order valence-corrected chi connectivity index (χ1v) is 11.8. The van der Waals surface area contributed by atoms with Crippen LogP contribution in [0.15, 0.2) is 77.7 Å². The van der Waals surface area contributed by atoms with Crippen molar-refractivity contribution in [1.82, 2.24) is 9.79 Å². The van der Waals surface area contributed by atoms with Gasteiger partial charge < -0.3 is 0 Å². The summed E-state index contributed by atoms with van der Waals surface area (Å²) in [5.74, 6) is -1.07. The molecule has 0 unspecified atom stereocenters. The number of hydroxylamine groups is 1. The number of carbonyl (C=O) groups excluding carboxylic acids is 1. The van der Waals surface area contributed by atoms with E-state index in [0.29, 0.717) is 12.8 Å². The van der Waals surface area contributed by atoms with E-state index in [1.165, 1.54) is 4.31 Å². The van der Waals surface area contributed by atoms with Crippen molar-refractivity contribution in [2.24, 2.45) is 5.92 Å². The Labute approximate surface area is 183 Å². The van der Waals surface area contributed by atoms with Crippen LogP contribution in [-0.2, 0) is 21.2 Å². The van der Waals surface area contributed by atoms with E-state index in [4.69, 9.17) is 0 Å². The Kier molecular flexibility index (Phi) is 7.43. The van der Waals surface area contributed by atoms with Gasteiger partial charge in [-0.15, -0.1) is 0 Å². The van der Waals surface area contributed by atoms with Crippen molar-refractivity contribution in [2.45, 2.75) is 37.6 Å². The molecule has 3 rings (SSSR count). The van der Waals surface area contributed by atoms with E-state index in [-0.39, 0.29) is 17.4 Å². The number of benzene rings is 3. The van der Waals surface area contributed by atoms with E-state index in [1.54, 1.807) is 37.5 Å². The van der Waals surface area contributed by atoms with E-state index in [9.17, 15) is 18.4 Å². The standard InChI is InChI=1S/C24H28N2O4S/c1-18(2)23(24(27)25-28)26(16-8-11-19-9-4-3-5-10-19)31(29,30)22-15-14-20-12-6-7-13-21(20)17-22/h3-7,9-10,12-15,17-18,23,28H,8,11,16H2,1-2H3,(H,25,27)/t23-/m1/s1. The Morgan fingerprint density at radius 1 is 0.968 bits per heavy atom. The molecule has 0 saturated heterocycles. The van der Waals surface area contributed by atoms with Crippen LogP contribution in [0.25, 0.3) is 10.8 Å². The van der Waals surface area contributed by atoms with Gasteiger partial charge in [-0.3, -0.25) is 10.0 Å². The lowest BCUT2D eigenvalue weighted by atomic mass is 10.0. The van der Waals surface area contributed by atoms with Crippen LogP contribution in [0.3, 0.4) is 0 Å². The third-order valence-electron chi connectivity index (χ3n) is 5.33. The molecule has 6 nitrogen and oxygen atoms in total. The summed E-state index contributed by atoms with van der Waals surface area (Å²) in [6.45, 7) is 3.68. The molecule has 3 aromatic rings. The highest BCUT2D eigenvalue weighted by Crippen LogP contribution is 2.26. The van der Waals surface area contributed by atoms with Gasteiger partial charge in [-0.1, -0.05) is 74.5 Å². The topological polar surface area (TPSA) is 86.7 Å². The van der Waals surface area contributed by atoms with Crippen molar-refractivity contribution in [3.8, 4) is 0 Å². The summed E-state index contributed by atoms with van der Waals surface area (Å²) in [6, 6.07) is 21.2. The second-order valence-corrected chi connectivity index (χ2v) is 9.77. The van der Waals surface area contributed by atoms with E-state index >= 15 is 0 Å². The Morgan fingerprint density at radius 3 is 2.26 bits per heavy atom. The third-order valence-corrected chi connectivity index (χ3v) is 7.21. The number of aryl methyl sites for hydroxylation is 1. The van der Waals surface area contributed by atoms with Crippen LogP contribution in [0.2, 0.25) is 0 Å². The zero-order valence-corrected chi connectivity index (χ0v) is 18.5. The normalized spacial score (nSPS) is 12.9. The maximum Gasteiger partial charge on any atom is 0.262 e. The van der Waals surface area contributed by atoms with Crippen molar-refractivity contribution in [3.05, 3.63) is 78.4 Å². The minimum Gasteiger partial charge on any atom is -0.289 e. The summed E-state index contributed by atoms with van der Waals surface area (Å²) in [5.41, 5.74) is 2.74. The molecule has 1 atom stereocenters. The number of nitrogens with one attached hydrogen (secondary N) is 1. The molecule has 0 spiro atoms. The first-order valence-electron chi connectivity index (χ1n) is 10.3. The van der Waals surface area contributed by atoms with Gasteiger partial charge in [0.15, 0.2) is 0 Å². The molecule has 0 saturated carbocycles. The number of sulfonamides is 1. The van der Waals surface area contributed by atoms with Crippen LogP contribution in [0.1, 0.15) is 25.8 Å². The van der Waals surface area contributed by atoms with Crippen LogP contribution < -0.4 is 5.48 Å². The van der Waals surface area contributed by atoms with Crippen molar-refractivity contribution < 1.29 is 18.4 Å². The Hall–Kier alpha value is -2.74. The van der Waals surface area contributed by atoms with E-state index in [1.807, 2.05) is 54.6 Å². The molecule has 2 N–H and O–H groups in total. The van der Waals surface area contributed by atoms with Gasteiger partial charge in [-0.2, -0.15) is 4.31 Å². The fraction of sp³-hybridized carbons (Fsp3) is 0.292. The van der Waals surface area contributed by atoms with Gasteiger partial charge in [0.2, 0.25) is 10.0 Å². The van der Waals surface area contributed by atoms with Gasteiger partial charge >= 0.3 is 0 Å². The zero-order chi connectivity index (χ0) is 22.4. The first-order chi connectivity index (χ1) is 14.8. The number of nitrogens with zero attached hydrogens (tertiary/aromatic N) is 1. The molecule has 0 aliphatic carbocycles. The molecule has 0 heterocycles. The van der Waals surface area contributed by atoms with Gasteiger partial charge in [-0.25, -0.2) is 13.9 Å². The molecule has 7 heteroatoms. The highest BCUT2D eigenvalue weighted by molar-refractivity contribution is 7.89. The molecule has 164 valence electrons. The van der Waals surface area contributed by atoms with Crippen molar-refractivity contribution in [1.29, 1.82) is 0 Å². The smallest absolute Gasteiger partial charge is 0.262 e. The lowest BCUT2D eigenvalue weighted by Gasteiger charge is -2.32. The lowest BCUT2D eigenvalue weighted by molar-refractivity contribution is -0.134. The molecule has 0 fully saturated rings. The SMILES string of the molecule is CC(C)[C@H](C(=O)NO)N(CCCc1ccccc1)S(=O)(=O)c1ccc2ccccc2c1. The Morgan fingerprint density at radius 2 is 1.61 bits per heavy atom. The summed E-state index contributed by atoms with van der Waals surface area (Å²) in [6.07, 6.45) is 1.22. The van der Waals surface area contributed by atoms with Gasteiger partial charge in [0.25, 0.3) is 5.91 Å². The minimum atomic E-state index is -3.98. The average molecular weight is 441 g/mol. The van der Waals surface area contributed by atoms with Crippen LogP contribution in [-0.4, -0.2) is 36.4 Å². The number of fused-ring (bicyclic) bond motifs is 1. The van der Waals surface area contributed by atoms with Crippen molar-refractivity contribution in [3.63, 3.8) is 0 Å².